The maximum Gasteiger partial charge on any atom is 0.258 e. The lowest BCUT2D eigenvalue weighted by atomic mass is 9.88. The Morgan fingerprint density at radius 1 is 1.22 bits per heavy atom. The smallest absolute Gasteiger partial charge is 0.258 e. The summed E-state index contributed by atoms with van der Waals surface area (Å²) in [7, 11) is 2.16. The van der Waals surface area contributed by atoms with Crippen molar-refractivity contribution in [3.8, 4) is 0 Å². The van der Waals surface area contributed by atoms with Gasteiger partial charge in [0.2, 0.25) is 0 Å². The third-order valence-corrected chi connectivity index (χ3v) is 5.56. The maximum absolute atomic E-state index is 12.9. The van der Waals surface area contributed by atoms with Gasteiger partial charge in [0, 0.05) is 18.1 Å². The SMILES string of the molecule is CN1CCC(Cn2cc3c4c(cccc4c2=O)C(O)CC3)CC1. The maximum atomic E-state index is 12.9. The Kier molecular flexibility index (Phi) is 3.74. The highest BCUT2D eigenvalue weighted by Crippen LogP contribution is 2.34. The van der Waals surface area contributed by atoms with E-state index in [0.29, 0.717) is 5.92 Å². The molecule has 0 amide bonds. The predicted molar refractivity (Wildman–Crippen MR) is 91.7 cm³/mol. The molecule has 1 aliphatic carbocycles. The Bertz CT molecular complexity index is 788. The van der Waals surface area contributed by atoms with Crippen LogP contribution in [0.2, 0.25) is 0 Å². The van der Waals surface area contributed by atoms with Crippen LogP contribution < -0.4 is 5.56 Å². The number of aromatic nitrogens is 1. The average Bonchev–Trinajstić information content (AvgIpc) is 2.57. The zero-order valence-electron chi connectivity index (χ0n) is 13.7. The van der Waals surface area contributed by atoms with Gasteiger partial charge < -0.3 is 14.6 Å². The normalized spacial score (nSPS) is 22.6. The number of hydrogen-bond donors (Lipinski definition) is 1. The van der Waals surface area contributed by atoms with Crippen molar-refractivity contribution in [2.24, 2.45) is 5.92 Å². The summed E-state index contributed by atoms with van der Waals surface area (Å²) in [6, 6.07) is 5.77. The second-order valence-electron chi connectivity index (χ2n) is 7.18. The fraction of sp³-hybridized carbons (Fsp3) is 0.526. The van der Waals surface area contributed by atoms with Gasteiger partial charge in [-0.1, -0.05) is 12.1 Å². The highest BCUT2D eigenvalue weighted by molar-refractivity contribution is 5.89. The van der Waals surface area contributed by atoms with Crippen molar-refractivity contribution in [2.45, 2.75) is 38.3 Å². The summed E-state index contributed by atoms with van der Waals surface area (Å²) >= 11 is 0. The van der Waals surface area contributed by atoms with Crippen LogP contribution in [-0.4, -0.2) is 34.7 Å². The zero-order chi connectivity index (χ0) is 16.0. The summed E-state index contributed by atoms with van der Waals surface area (Å²) in [6.45, 7) is 3.06. The minimum Gasteiger partial charge on any atom is -0.388 e. The van der Waals surface area contributed by atoms with Gasteiger partial charge in [0.1, 0.15) is 0 Å². The molecule has 1 aliphatic heterocycles. The molecule has 23 heavy (non-hydrogen) atoms. The molecule has 0 spiro atoms. The molecule has 122 valence electrons. The summed E-state index contributed by atoms with van der Waals surface area (Å²) < 4.78 is 1.93. The van der Waals surface area contributed by atoms with E-state index in [0.717, 1.165) is 61.7 Å². The molecule has 1 fully saturated rings. The van der Waals surface area contributed by atoms with E-state index in [1.54, 1.807) is 0 Å². The van der Waals surface area contributed by atoms with Gasteiger partial charge >= 0.3 is 0 Å². The number of aliphatic hydroxyl groups is 1. The Hall–Kier alpha value is -1.65. The van der Waals surface area contributed by atoms with Crippen LogP contribution in [0.15, 0.2) is 29.2 Å². The van der Waals surface area contributed by atoms with E-state index in [-0.39, 0.29) is 5.56 Å². The molecule has 1 aromatic carbocycles. The van der Waals surface area contributed by atoms with Crippen molar-refractivity contribution in [1.29, 1.82) is 0 Å². The molecule has 0 radical (unpaired) electrons. The molecule has 0 saturated carbocycles. The largest absolute Gasteiger partial charge is 0.388 e. The molecule has 1 N–H and O–H groups in total. The summed E-state index contributed by atoms with van der Waals surface area (Å²) in [6.07, 6.45) is 5.54. The highest BCUT2D eigenvalue weighted by atomic mass is 16.3. The molecule has 1 aromatic heterocycles. The highest BCUT2D eigenvalue weighted by Gasteiger charge is 2.23. The van der Waals surface area contributed by atoms with Crippen LogP contribution in [0.3, 0.4) is 0 Å². The van der Waals surface area contributed by atoms with Gasteiger partial charge in [-0.2, -0.15) is 0 Å². The summed E-state index contributed by atoms with van der Waals surface area (Å²) in [5.41, 5.74) is 2.24. The van der Waals surface area contributed by atoms with Gasteiger partial charge in [-0.15, -0.1) is 0 Å². The van der Waals surface area contributed by atoms with Crippen molar-refractivity contribution in [3.05, 3.63) is 45.9 Å². The minimum atomic E-state index is -0.435. The number of benzene rings is 1. The third-order valence-electron chi connectivity index (χ3n) is 5.56. The van der Waals surface area contributed by atoms with E-state index < -0.39 is 6.10 Å². The lowest BCUT2D eigenvalue weighted by Gasteiger charge is -2.30. The first-order chi connectivity index (χ1) is 11.1. The van der Waals surface area contributed by atoms with Crippen LogP contribution in [-0.2, 0) is 13.0 Å². The number of hydrogen-bond acceptors (Lipinski definition) is 3. The number of aliphatic hydroxyl groups excluding tert-OH is 1. The quantitative estimate of drug-likeness (QED) is 0.926. The molecular formula is C19H24N2O2. The topological polar surface area (TPSA) is 45.5 Å². The van der Waals surface area contributed by atoms with Crippen molar-refractivity contribution >= 4 is 10.8 Å². The summed E-state index contributed by atoms with van der Waals surface area (Å²) in [4.78, 5) is 15.2. The van der Waals surface area contributed by atoms with E-state index in [1.165, 1.54) is 5.56 Å². The van der Waals surface area contributed by atoms with Crippen molar-refractivity contribution in [3.63, 3.8) is 0 Å². The molecule has 1 unspecified atom stereocenters. The number of pyridine rings is 1. The van der Waals surface area contributed by atoms with Crippen LogP contribution >= 0.6 is 0 Å². The number of rotatable bonds is 2. The van der Waals surface area contributed by atoms with Crippen LogP contribution in [0.4, 0.5) is 0 Å². The van der Waals surface area contributed by atoms with Crippen LogP contribution in [0, 0.1) is 5.92 Å². The fourth-order valence-electron chi connectivity index (χ4n) is 4.15. The van der Waals surface area contributed by atoms with Crippen molar-refractivity contribution < 1.29 is 5.11 Å². The first kappa shape index (κ1) is 14.9. The predicted octanol–water partition coefficient (Wildman–Crippen LogP) is 2.32. The molecular weight excluding hydrogens is 288 g/mol. The lowest BCUT2D eigenvalue weighted by molar-refractivity contribution is 0.166. The van der Waals surface area contributed by atoms with Gasteiger partial charge in [-0.3, -0.25) is 4.79 Å². The standard InChI is InChI=1S/C19H24N2O2/c1-20-9-7-13(8-10-20)11-21-12-14-5-6-17(22)15-3-2-4-16(18(14)15)19(21)23/h2-4,12-13,17,22H,5-11H2,1H3. The van der Waals surface area contributed by atoms with E-state index >= 15 is 0 Å². The Morgan fingerprint density at radius 3 is 2.78 bits per heavy atom. The van der Waals surface area contributed by atoms with Gasteiger partial charge in [0.05, 0.1) is 6.10 Å². The number of likely N-dealkylation sites (tertiary alicyclic amines) is 1. The number of aryl methyl sites for hydroxylation is 1. The van der Waals surface area contributed by atoms with Gasteiger partial charge in [-0.25, -0.2) is 0 Å². The van der Waals surface area contributed by atoms with E-state index in [1.807, 2.05) is 22.8 Å². The van der Waals surface area contributed by atoms with Gasteiger partial charge in [0.15, 0.2) is 0 Å². The lowest BCUT2D eigenvalue weighted by Crippen LogP contribution is -2.34. The molecule has 4 nitrogen and oxygen atoms in total. The molecule has 2 aromatic rings. The number of nitrogens with zero attached hydrogens (tertiary/aromatic N) is 2. The van der Waals surface area contributed by atoms with Crippen molar-refractivity contribution in [1.82, 2.24) is 9.47 Å². The fourth-order valence-corrected chi connectivity index (χ4v) is 4.15. The zero-order valence-corrected chi connectivity index (χ0v) is 13.7. The molecule has 2 heterocycles. The first-order valence-corrected chi connectivity index (χ1v) is 8.65. The molecule has 1 atom stereocenters. The third kappa shape index (κ3) is 2.60. The summed E-state index contributed by atoms with van der Waals surface area (Å²) in [5, 5.41) is 12.0. The van der Waals surface area contributed by atoms with E-state index in [4.69, 9.17) is 0 Å². The Morgan fingerprint density at radius 2 is 2.00 bits per heavy atom. The molecule has 0 bridgehead atoms. The van der Waals surface area contributed by atoms with Crippen LogP contribution in [0.25, 0.3) is 10.8 Å². The average molecular weight is 312 g/mol. The van der Waals surface area contributed by atoms with Crippen molar-refractivity contribution in [2.75, 3.05) is 20.1 Å². The first-order valence-electron chi connectivity index (χ1n) is 8.65. The Balaban J connectivity index is 1.75. The van der Waals surface area contributed by atoms with E-state index in [2.05, 4.69) is 18.1 Å². The van der Waals surface area contributed by atoms with Crippen LogP contribution in [0.1, 0.15) is 36.5 Å². The van der Waals surface area contributed by atoms with Gasteiger partial charge in [-0.05, 0) is 74.3 Å². The number of piperidine rings is 1. The molecule has 4 rings (SSSR count). The minimum absolute atomic E-state index is 0.0960. The second-order valence-corrected chi connectivity index (χ2v) is 7.18. The van der Waals surface area contributed by atoms with E-state index in [9.17, 15) is 9.90 Å². The Labute approximate surface area is 136 Å². The molecule has 1 saturated heterocycles. The second kappa shape index (κ2) is 5.77. The van der Waals surface area contributed by atoms with Gasteiger partial charge in [0.25, 0.3) is 5.56 Å². The molecule has 4 heteroatoms. The summed E-state index contributed by atoms with van der Waals surface area (Å²) in [5.74, 6) is 0.589. The monoisotopic (exact) mass is 312 g/mol. The molecule has 2 aliphatic rings. The van der Waals surface area contributed by atoms with Crippen LogP contribution in [0.5, 0.6) is 0 Å².